The smallest absolute Gasteiger partial charge is 0.0824 e. The van der Waals surface area contributed by atoms with Gasteiger partial charge in [-0.1, -0.05) is 148 Å². The second kappa shape index (κ2) is 30.4. The molecule has 0 amide bonds. The number of hydrogen-bond acceptors (Lipinski definition) is 8. The van der Waals surface area contributed by atoms with Crippen molar-refractivity contribution in [3.8, 4) is 0 Å². The van der Waals surface area contributed by atoms with Crippen LogP contribution in [-0.2, 0) is 84.0 Å². The zero-order chi connectivity index (χ0) is 47.3. The van der Waals surface area contributed by atoms with Gasteiger partial charge in [0.2, 0.25) is 0 Å². The zero-order valence-electron chi connectivity index (χ0n) is 41.8. The molecular weight excluding hydrogens is 805 g/mol. The summed E-state index contributed by atoms with van der Waals surface area (Å²) in [6.07, 6.45) is 20.0. The minimum absolute atomic E-state index is 0.416. The Morgan fingerprint density at radius 1 is 0.385 bits per heavy atom. The second-order valence-electron chi connectivity index (χ2n) is 17.2. The van der Waals surface area contributed by atoms with E-state index in [1.165, 1.54) is 36.0 Å². The molecule has 352 valence electrons. The number of nitrogens with zero attached hydrogens (tertiary/aromatic N) is 12. The summed E-state index contributed by atoms with van der Waals surface area (Å²) >= 11 is 0. The molecule has 0 unspecified atom stereocenters. The molecule has 0 aliphatic rings. The van der Waals surface area contributed by atoms with Crippen molar-refractivity contribution in [1.82, 2.24) is 60.0 Å². The molecule has 0 bridgehead atoms. The van der Waals surface area contributed by atoms with Crippen LogP contribution in [0, 0.1) is 5.41 Å². The van der Waals surface area contributed by atoms with E-state index in [4.69, 9.17) is 0 Å². The summed E-state index contributed by atoms with van der Waals surface area (Å²) in [5, 5.41) is 31.2. The Labute approximate surface area is 391 Å². The zero-order valence-corrected chi connectivity index (χ0v) is 41.8. The highest BCUT2D eigenvalue weighted by Gasteiger charge is 2.11. The highest BCUT2D eigenvalue weighted by atomic mass is 15.4. The summed E-state index contributed by atoms with van der Waals surface area (Å²) in [5.41, 5.74) is 12.1. The topological polar surface area (TPSA) is 123 Å². The van der Waals surface area contributed by atoms with Gasteiger partial charge in [-0.25, -0.2) is 0 Å². The van der Waals surface area contributed by atoms with Crippen molar-refractivity contribution in [2.45, 2.75) is 173 Å². The van der Waals surface area contributed by atoms with Crippen LogP contribution in [0.5, 0.6) is 0 Å². The third-order valence-electron chi connectivity index (χ3n) is 10.8. The van der Waals surface area contributed by atoms with Crippen LogP contribution in [0.15, 0.2) is 104 Å². The van der Waals surface area contributed by atoms with Crippen molar-refractivity contribution in [3.63, 3.8) is 0 Å². The first-order valence-corrected chi connectivity index (χ1v) is 24.2. The van der Waals surface area contributed by atoms with Gasteiger partial charge in [-0.3, -0.25) is 18.7 Å². The van der Waals surface area contributed by atoms with Crippen LogP contribution in [0.1, 0.15) is 140 Å². The molecule has 0 saturated carbocycles. The summed E-state index contributed by atoms with van der Waals surface area (Å²) in [6.45, 7) is 27.2. The molecule has 3 aromatic carbocycles. The third kappa shape index (κ3) is 21.6. The molecule has 12 nitrogen and oxygen atoms in total. The monoisotopic (exact) mass is 885 g/mol. The maximum atomic E-state index is 3.92. The quantitative estimate of drug-likeness (QED) is 0.0886. The molecule has 0 spiro atoms. The van der Waals surface area contributed by atoms with Crippen molar-refractivity contribution in [2.24, 2.45) is 5.41 Å². The Hall–Kier alpha value is -5.78. The SMILES string of the molecule is CC(C)(C)CCCc1ccc(CCc2ccccc2)cc1CCc1ccccc1.CCc1cn(CC)nn1.CCc1cn(CC)nn1.CCc1cn(CC)nn1.CCc1cn(CC)nn1. The predicted molar refractivity (Wildman–Crippen MR) is 267 cm³/mol. The average molecular weight is 885 g/mol. The van der Waals surface area contributed by atoms with Crippen LogP contribution in [0.4, 0.5) is 0 Å². The molecule has 0 N–H and O–H groups in total. The van der Waals surface area contributed by atoms with E-state index in [0.29, 0.717) is 5.41 Å². The molecule has 0 aliphatic heterocycles. The Morgan fingerprint density at radius 2 is 0.738 bits per heavy atom. The van der Waals surface area contributed by atoms with Crippen LogP contribution in [-0.4, -0.2) is 60.0 Å². The molecule has 7 rings (SSSR count). The lowest BCUT2D eigenvalue weighted by Crippen LogP contribution is -2.06. The van der Waals surface area contributed by atoms with Crippen LogP contribution < -0.4 is 0 Å². The van der Waals surface area contributed by atoms with Crippen LogP contribution in [0.25, 0.3) is 0 Å². The maximum absolute atomic E-state index is 3.92. The van der Waals surface area contributed by atoms with Crippen LogP contribution in [0.3, 0.4) is 0 Å². The highest BCUT2D eigenvalue weighted by molar-refractivity contribution is 5.34. The van der Waals surface area contributed by atoms with Crippen molar-refractivity contribution >= 4 is 0 Å². The van der Waals surface area contributed by atoms with Crippen molar-refractivity contribution < 1.29 is 0 Å². The van der Waals surface area contributed by atoms with E-state index in [1.807, 2.05) is 71.2 Å². The number of benzene rings is 3. The average Bonchev–Trinajstić information content (AvgIpc) is 4.19. The molecule has 0 saturated heterocycles. The Morgan fingerprint density at radius 3 is 1.05 bits per heavy atom. The molecule has 0 aliphatic carbocycles. The van der Waals surface area contributed by atoms with Gasteiger partial charge in [0.15, 0.2) is 0 Å². The standard InChI is InChI=1S/C29H36.4C6H11N3/c1-29(2,3)22-10-15-27-20-19-26(17-16-24-11-6-4-7-12-24)23-28(27)21-18-25-13-8-5-9-14-25;4*1-3-6-5-9(4-2)8-7-6/h4-9,11-14,19-20,23H,10,15-18,21-22H2,1-3H3;4*5H,3-4H2,1-2H3. The molecule has 12 heteroatoms. The van der Waals surface area contributed by atoms with Gasteiger partial charge in [-0.15, -0.1) is 20.4 Å². The van der Waals surface area contributed by atoms with Gasteiger partial charge in [-0.05, 0) is 132 Å². The maximum Gasteiger partial charge on any atom is 0.0824 e. The van der Waals surface area contributed by atoms with E-state index in [0.717, 1.165) is 100 Å². The molecule has 0 fully saturated rings. The minimum atomic E-state index is 0.416. The minimum Gasteiger partial charge on any atom is -0.253 e. The van der Waals surface area contributed by atoms with E-state index >= 15 is 0 Å². The van der Waals surface area contributed by atoms with Crippen LogP contribution in [0.2, 0.25) is 0 Å². The van der Waals surface area contributed by atoms with E-state index in [1.54, 1.807) is 11.1 Å². The molecule has 4 heterocycles. The first-order chi connectivity index (χ1) is 31.4. The lowest BCUT2D eigenvalue weighted by Gasteiger charge is -2.19. The number of hydrogen-bond donors (Lipinski definition) is 0. The van der Waals surface area contributed by atoms with E-state index in [-0.39, 0.29) is 0 Å². The molecule has 65 heavy (non-hydrogen) atoms. The van der Waals surface area contributed by atoms with Gasteiger partial charge in [0.05, 0.1) is 22.8 Å². The Bertz CT molecular complexity index is 2000. The number of rotatable bonds is 17. The van der Waals surface area contributed by atoms with E-state index < -0.39 is 0 Å². The normalized spacial score (nSPS) is 10.7. The van der Waals surface area contributed by atoms with Gasteiger partial charge < -0.3 is 0 Å². The lowest BCUT2D eigenvalue weighted by atomic mass is 9.87. The number of aromatic nitrogens is 12. The fraction of sp³-hybridized carbons (Fsp3) is 0.509. The molecule has 7 aromatic rings. The summed E-state index contributed by atoms with van der Waals surface area (Å²) in [4.78, 5) is 0. The Kier molecular flexibility index (Phi) is 25.0. The second-order valence-corrected chi connectivity index (χ2v) is 17.2. The van der Waals surface area contributed by atoms with Gasteiger partial charge in [0.25, 0.3) is 0 Å². The Balaban J connectivity index is 0.000000252. The molecule has 0 atom stereocenters. The van der Waals surface area contributed by atoms with E-state index in [9.17, 15) is 0 Å². The van der Waals surface area contributed by atoms with Crippen molar-refractivity contribution in [2.75, 3.05) is 0 Å². The summed E-state index contributed by atoms with van der Waals surface area (Å²) in [7, 11) is 0. The number of aryl methyl sites for hydroxylation is 13. The molecular formula is C53H80N12. The van der Waals surface area contributed by atoms with Crippen LogP contribution >= 0.6 is 0 Å². The first-order valence-electron chi connectivity index (χ1n) is 24.2. The third-order valence-corrected chi connectivity index (χ3v) is 10.8. The fourth-order valence-electron chi connectivity index (χ4n) is 6.60. The first kappa shape index (κ1) is 53.6. The highest BCUT2D eigenvalue weighted by Crippen LogP contribution is 2.24. The van der Waals surface area contributed by atoms with Gasteiger partial charge in [0.1, 0.15) is 0 Å². The molecule has 0 radical (unpaired) electrons. The van der Waals surface area contributed by atoms with Gasteiger partial charge in [0, 0.05) is 51.0 Å². The van der Waals surface area contributed by atoms with Crippen molar-refractivity contribution in [3.05, 3.63) is 154 Å². The lowest BCUT2D eigenvalue weighted by molar-refractivity contribution is 0.365. The van der Waals surface area contributed by atoms with Gasteiger partial charge >= 0.3 is 0 Å². The van der Waals surface area contributed by atoms with Gasteiger partial charge in [-0.2, -0.15) is 0 Å². The molecule has 4 aromatic heterocycles. The van der Waals surface area contributed by atoms with Crippen molar-refractivity contribution in [1.29, 1.82) is 0 Å². The summed E-state index contributed by atoms with van der Waals surface area (Å²) in [5.74, 6) is 0. The fourth-order valence-corrected chi connectivity index (χ4v) is 6.60. The largest absolute Gasteiger partial charge is 0.253 e. The summed E-state index contributed by atoms with van der Waals surface area (Å²) in [6, 6.07) is 29.0. The van der Waals surface area contributed by atoms with E-state index in [2.05, 4.69) is 169 Å². The summed E-state index contributed by atoms with van der Waals surface area (Å²) < 4.78 is 7.33. The predicted octanol–water partition coefficient (Wildman–Crippen LogP) is 11.1.